The second kappa shape index (κ2) is 10.3. The fourth-order valence-electron chi connectivity index (χ4n) is 3.49. The minimum absolute atomic E-state index is 0.0214. The van der Waals surface area contributed by atoms with Crippen molar-refractivity contribution < 1.29 is 14.1 Å². The van der Waals surface area contributed by atoms with Crippen LogP contribution in [0.3, 0.4) is 0 Å². The molecule has 0 N–H and O–H groups in total. The van der Waals surface area contributed by atoms with Gasteiger partial charge in [-0.05, 0) is 68.2 Å². The highest BCUT2D eigenvalue weighted by atomic mass is 79.9. The zero-order valence-electron chi connectivity index (χ0n) is 18.0. The van der Waals surface area contributed by atoms with Gasteiger partial charge in [0, 0.05) is 31.6 Å². The molecule has 0 aliphatic carbocycles. The van der Waals surface area contributed by atoms with Gasteiger partial charge in [-0.25, -0.2) is 9.07 Å². The zero-order chi connectivity index (χ0) is 24.2. The molecule has 4 rings (SSSR count). The number of rotatable bonds is 9. The Morgan fingerprint density at radius 2 is 2.09 bits per heavy atom. The Bertz CT molecular complexity index is 1340. The van der Waals surface area contributed by atoms with Crippen LogP contribution in [0, 0.1) is 15.9 Å². The van der Waals surface area contributed by atoms with Crippen LogP contribution in [0.15, 0.2) is 53.4 Å². The maximum Gasteiger partial charge on any atom is 0.406 e. The van der Waals surface area contributed by atoms with E-state index in [-0.39, 0.29) is 18.8 Å². The number of halogens is 3. The van der Waals surface area contributed by atoms with Crippen molar-refractivity contribution in [2.24, 2.45) is 0 Å². The summed E-state index contributed by atoms with van der Waals surface area (Å²) < 4.78 is 23.8. The first-order valence-electron chi connectivity index (χ1n) is 10.3. The van der Waals surface area contributed by atoms with Gasteiger partial charge in [0.05, 0.1) is 28.7 Å². The summed E-state index contributed by atoms with van der Waals surface area (Å²) in [4.78, 5) is 14.4. The van der Waals surface area contributed by atoms with Gasteiger partial charge in [0.15, 0.2) is 11.3 Å². The van der Waals surface area contributed by atoms with Crippen LogP contribution in [0.2, 0.25) is 5.15 Å². The van der Waals surface area contributed by atoms with Gasteiger partial charge in [-0.15, -0.1) is 0 Å². The molecule has 0 amide bonds. The number of benzene rings is 1. The number of nitro groups is 1. The van der Waals surface area contributed by atoms with E-state index < -0.39 is 16.6 Å². The summed E-state index contributed by atoms with van der Waals surface area (Å²) >= 11 is 9.45. The lowest BCUT2D eigenvalue weighted by Gasteiger charge is -2.13. The molecule has 4 aromatic rings. The third-order valence-electron chi connectivity index (χ3n) is 5.02. The van der Waals surface area contributed by atoms with E-state index in [0.29, 0.717) is 27.3 Å². The van der Waals surface area contributed by atoms with E-state index >= 15 is 0 Å². The van der Waals surface area contributed by atoms with Crippen LogP contribution in [0.5, 0.6) is 5.75 Å². The van der Waals surface area contributed by atoms with E-state index in [1.807, 2.05) is 17.8 Å². The summed E-state index contributed by atoms with van der Waals surface area (Å²) in [5.74, 6) is -0.789. The first-order chi connectivity index (χ1) is 16.3. The predicted molar refractivity (Wildman–Crippen MR) is 127 cm³/mol. The van der Waals surface area contributed by atoms with Crippen molar-refractivity contribution >= 4 is 33.3 Å². The highest BCUT2D eigenvalue weighted by Crippen LogP contribution is 2.28. The maximum absolute atomic E-state index is 14.1. The molecule has 0 saturated heterocycles. The molecular weight excluding hydrogens is 531 g/mol. The molecule has 3 aromatic heterocycles. The van der Waals surface area contributed by atoms with E-state index in [9.17, 15) is 14.5 Å². The van der Waals surface area contributed by atoms with Gasteiger partial charge >= 0.3 is 5.82 Å². The summed E-state index contributed by atoms with van der Waals surface area (Å²) in [7, 11) is 0. The van der Waals surface area contributed by atoms with E-state index in [0.717, 1.165) is 17.8 Å². The molecule has 176 valence electrons. The molecule has 1 aromatic carbocycles. The Hall–Kier alpha value is -3.31. The van der Waals surface area contributed by atoms with Crippen LogP contribution in [0.4, 0.5) is 10.2 Å². The molecule has 0 bridgehead atoms. The Morgan fingerprint density at radius 1 is 1.26 bits per heavy atom. The number of pyridine rings is 1. The molecule has 0 unspecified atom stereocenters. The molecule has 0 radical (unpaired) electrons. The molecule has 0 fully saturated rings. The van der Waals surface area contributed by atoms with Gasteiger partial charge in [-0.2, -0.15) is 10.2 Å². The van der Waals surface area contributed by atoms with Gasteiger partial charge in [0.25, 0.3) is 0 Å². The number of nitrogens with zero attached hydrogens (tertiary/aromatic N) is 6. The highest BCUT2D eigenvalue weighted by Gasteiger charge is 2.19. The van der Waals surface area contributed by atoms with Gasteiger partial charge < -0.3 is 14.9 Å². The lowest BCUT2D eigenvalue weighted by atomic mass is 10.1. The van der Waals surface area contributed by atoms with Crippen LogP contribution >= 0.6 is 27.5 Å². The lowest BCUT2D eigenvalue weighted by molar-refractivity contribution is -0.390. The summed E-state index contributed by atoms with van der Waals surface area (Å²) in [6.45, 7) is 2.82. The smallest absolute Gasteiger partial charge is 0.406 e. The average Bonchev–Trinajstić information content (AvgIpc) is 3.40. The first kappa shape index (κ1) is 23.8. The summed E-state index contributed by atoms with van der Waals surface area (Å²) in [6.07, 6.45) is 5.85. The standard InChI is InChI=1S/C22H19BrClFN6O3/c1-2-29-13-14(11-27-29)7-18-10-21(24)28-30(18)19-4-3-17(25)8-15(19)5-6-34-20-9-16(23)12-26-22(20)31(32)33/h3-4,8-13H,2,5-7H2,1H3. The van der Waals surface area contributed by atoms with Gasteiger partial charge in [0.1, 0.15) is 5.82 Å². The van der Waals surface area contributed by atoms with E-state index in [2.05, 4.69) is 31.1 Å². The van der Waals surface area contributed by atoms with Crippen molar-refractivity contribution in [1.29, 1.82) is 0 Å². The van der Waals surface area contributed by atoms with Crippen LogP contribution in [0.25, 0.3) is 5.69 Å². The highest BCUT2D eigenvalue weighted by molar-refractivity contribution is 9.10. The quantitative estimate of drug-likeness (QED) is 0.211. The van der Waals surface area contributed by atoms with E-state index in [1.165, 1.54) is 24.4 Å². The van der Waals surface area contributed by atoms with Crippen molar-refractivity contribution in [2.75, 3.05) is 6.61 Å². The summed E-state index contributed by atoms with van der Waals surface area (Å²) in [5, 5.41) is 20.2. The SMILES string of the molecule is CCn1cc(Cc2cc(Cl)nn2-c2ccc(F)cc2CCOc2cc(Br)cnc2[N+](=O)[O-])cn1. The van der Waals surface area contributed by atoms with E-state index in [1.54, 1.807) is 23.0 Å². The zero-order valence-corrected chi connectivity index (χ0v) is 20.3. The summed E-state index contributed by atoms with van der Waals surface area (Å²) in [5.41, 5.74) is 3.04. The van der Waals surface area contributed by atoms with Crippen molar-refractivity contribution in [2.45, 2.75) is 26.3 Å². The lowest BCUT2D eigenvalue weighted by Crippen LogP contribution is -2.10. The predicted octanol–water partition coefficient (Wildman–Crippen LogP) is 5.16. The van der Waals surface area contributed by atoms with Crippen molar-refractivity contribution in [1.82, 2.24) is 24.5 Å². The molecule has 12 heteroatoms. The molecule has 0 spiro atoms. The van der Waals surface area contributed by atoms with Gasteiger partial charge in [-0.3, -0.25) is 4.68 Å². The fourth-order valence-corrected chi connectivity index (χ4v) is 4.00. The van der Waals surface area contributed by atoms with E-state index in [4.69, 9.17) is 16.3 Å². The molecule has 3 heterocycles. The molecule has 0 aliphatic heterocycles. The van der Waals surface area contributed by atoms with Crippen LogP contribution in [-0.2, 0) is 19.4 Å². The van der Waals surface area contributed by atoms with Crippen LogP contribution < -0.4 is 4.74 Å². The molecule has 9 nitrogen and oxygen atoms in total. The number of aromatic nitrogens is 5. The monoisotopic (exact) mass is 548 g/mol. The molecule has 0 saturated carbocycles. The second-order valence-electron chi connectivity index (χ2n) is 7.36. The Balaban J connectivity index is 1.59. The topological polar surface area (TPSA) is 101 Å². The summed E-state index contributed by atoms with van der Waals surface area (Å²) in [6, 6.07) is 7.58. The fraction of sp³-hybridized carbons (Fsp3) is 0.227. The minimum atomic E-state index is -0.617. The Kier molecular flexibility index (Phi) is 7.23. The molecular formula is C22H19BrClFN6O3. The number of aryl methyl sites for hydroxylation is 1. The number of ether oxygens (including phenoxy) is 1. The van der Waals surface area contributed by atoms with Crippen LogP contribution in [0.1, 0.15) is 23.7 Å². The van der Waals surface area contributed by atoms with Gasteiger partial charge in [-0.1, -0.05) is 11.6 Å². The average molecular weight is 550 g/mol. The second-order valence-corrected chi connectivity index (χ2v) is 8.66. The number of hydrogen-bond donors (Lipinski definition) is 0. The van der Waals surface area contributed by atoms with Crippen molar-refractivity contribution in [3.05, 3.63) is 91.3 Å². The first-order valence-corrected chi connectivity index (χ1v) is 11.5. The van der Waals surface area contributed by atoms with Crippen molar-refractivity contribution in [3.63, 3.8) is 0 Å². The minimum Gasteiger partial charge on any atom is -0.485 e. The van der Waals surface area contributed by atoms with Crippen molar-refractivity contribution in [3.8, 4) is 11.4 Å². The largest absolute Gasteiger partial charge is 0.485 e. The maximum atomic E-state index is 14.1. The third kappa shape index (κ3) is 5.42. The molecule has 0 aliphatic rings. The molecule has 34 heavy (non-hydrogen) atoms. The Morgan fingerprint density at radius 3 is 2.82 bits per heavy atom. The Labute approximate surface area is 207 Å². The van der Waals surface area contributed by atoms with Gasteiger partial charge in [0.2, 0.25) is 5.75 Å². The normalized spacial score (nSPS) is 11.1. The third-order valence-corrected chi connectivity index (χ3v) is 5.64. The number of hydrogen-bond acceptors (Lipinski definition) is 6. The molecule has 0 atom stereocenters. The van der Waals surface area contributed by atoms with Crippen LogP contribution in [-0.4, -0.2) is 36.1 Å².